The fourth-order valence-electron chi connectivity index (χ4n) is 3.16. The van der Waals surface area contributed by atoms with Crippen molar-refractivity contribution in [2.24, 2.45) is 0 Å². The molecule has 0 unspecified atom stereocenters. The maximum absolute atomic E-state index is 14.8. The third-order valence-corrected chi connectivity index (χ3v) is 5.33. The number of hydrogen-bond acceptors (Lipinski definition) is 5. The standard InChI is InChI=1S/C22H18Cl2FN5O/c1-12(22-16(23)10-27-11-17(22)24)31-14-4-5-19-15(7-14)20(30-29-19)8-18(25)13-3-6-21(26-2)28-9-13/h3-12H,1-2H3,(H,26,28)(H,29,30)/b18-8-/t12-/m1/s1. The van der Waals surface area contributed by atoms with Crippen LogP contribution in [0.15, 0.2) is 48.9 Å². The van der Waals surface area contributed by atoms with Gasteiger partial charge in [-0.1, -0.05) is 23.2 Å². The van der Waals surface area contributed by atoms with Crippen LogP contribution in [0.2, 0.25) is 10.0 Å². The quantitative estimate of drug-likeness (QED) is 0.354. The van der Waals surface area contributed by atoms with E-state index in [0.29, 0.717) is 43.8 Å². The lowest BCUT2D eigenvalue weighted by atomic mass is 10.1. The summed E-state index contributed by atoms with van der Waals surface area (Å²) >= 11 is 12.5. The van der Waals surface area contributed by atoms with Gasteiger partial charge in [-0.15, -0.1) is 0 Å². The molecule has 0 amide bonds. The van der Waals surface area contributed by atoms with Gasteiger partial charge in [0, 0.05) is 48.2 Å². The molecule has 6 nitrogen and oxygen atoms in total. The summed E-state index contributed by atoms with van der Waals surface area (Å²) < 4.78 is 20.8. The molecule has 31 heavy (non-hydrogen) atoms. The Morgan fingerprint density at radius 3 is 2.61 bits per heavy atom. The molecule has 0 spiro atoms. The molecular weight excluding hydrogens is 440 g/mol. The number of nitrogens with one attached hydrogen (secondary N) is 2. The minimum Gasteiger partial charge on any atom is -0.486 e. The largest absolute Gasteiger partial charge is 0.486 e. The molecule has 0 aliphatic carbocycles. The minimum absolute atomic E-state index is 0.359. The Morgan fingerprint density at radius 2 is 1.94 bits per heavy atom. The van der Waals surface area contributed by atoms with E-state index in [4.69, 9.17) is 27.9 Å². The number of fused-ring (bicyclic) bond motifs is 1. The number of rotatable bonds is 6. The lowest BCUT2D eigenvalue weighted by Crippen LogP contribution is -2.05. The monoisotopic (exact) mass is 457 g/mol. The van der Waals surface area contributed by atoms with Crippen molar-refractivity contribution in [1.29, 1.82) is 0 Å². The predicted octanol–water partition coefficient (Wildman–Crippen LogP) is 6.31. The summed E-state index contributed by atoms with van der Waals surface area (Å²) in [7, 11) is 1.75. The first-order chi connectivity index (χ1) is 15.0. The van der Waals surface area contributed by atoms with E-state index in [1.807, 2.05) is 13.0 Å². The molecular formula is C22H18Cl2FN5O. The van der Waals surface area contributed by atoms with E-state index in [1.54, 1.807) is 31.3 Å². The third-order valence-electron chi connectivity index (χ3n) is 4.73. The van der Waals surface area contributed by atoms with Crippen LogP contribution in [0, 0.1) is 0 Å². The van der Waals surface area contributed by atoms with Gasteiger partial charge in [0.2, 0.25) is 0 Å². The number of halogens is 3. The van der Waals surface area contributed by atoms with Gasteiger partial charge < -0.3 is 10.1 Å². The van der Waals surface area contributed by atoms with Gasteiger partial charge in [0.05, 0.1) is 21.3 Å². The lowest BCUT2D eigenvalue weighted by Gasteiger charge is -2.17. The maximum Gasteiger partial charge on any atom is 0.134 e. The van der Waals surface area contributed by atoms with Gasteiger partial charge in [-0.25, -0.2) is 9.37 Å². The van der Waals surface area contributed by atoms with Crippen LogP contribution < -0.4 is 10.1 Å². The number of ether oxygens (including phenoxy) is 1. The van der Waals surface area contributed by atoms with Crippen LogP contribution in [0.25, 0.3) is 22.8 Å². The second kappa shape index (κ2) is 8.91. The van der Waals surface area contributed by atoms with Crippen LogP contribution in [0.3, 0.4) is 0 Å². The van der Waals surface area contributed by atoms with Crippen LogP contribution in [0.4, 0.5) is 10.2 Å². The average Bonchev–Trinajstić information content (AvgIpc) is 3.15. The molecule has 9 heteroatoms. The van der Waals surface area contributed by atoms with Crippen molar-refractivity contribution in [2.75, 3.05) is 12.4 Å². The molecule has 0 saturated carbocycles. The highest BCUT2D eigenvalue weighted by atomic mass is 35.5. The van der Waals surface area contributed by atoms with Crippen LogP contribution in [-0.4, -0.2) is 27.2 Å². The zero-order valence-electron chi connectivity index (χ0n) is 16.7. The molecule has 1 atom stereocenters. The highest BCUT2D eigenvalue weighted by molar-refractivity contribution is 6.35. The lowest BCUT2D eigenvalue weighted by molar-refractivity contribution is 0.227. The Bertz CT molecular complexity index is 1240. The van der Waals surface area contributed by atoms with E-state index in [2.05, 4.69) is 25.5 Å². The molecule has 4 rings (SSSR count). The molecule has 2 N–H and O–H groups in total. The van der Waals surface area contributed by atoms with Gasteiger partial charge in [-0.3, -0.25) is 10.1 Å². The Labute approximate surface area is 188 Å². The fourth-order valence-corrected chi connectivity index (χ4v) is 3.83. The highest BCUT2D eigenvalue weighted by Crippen LogP contribution is 2.33. The summed E-state index contributed by atoms with van der Waals surface area (Å²) in [6, 6.07) is 8.76. The molecule has 3 heterocycles. The SMILES string of the molecule is CNc1ccc(/C(F)=C/c2n[nH]c3ccc(O[C@H](C)c4c(Cl)cncc4Cl)cc23)cn1. The molecule has 0 aliphatic rings. The molecule has 0 bridgehead atoms. The molecule has 1 aromatic carbocycles. The number of pyridine rings is 2. The molecule has 3 aromatic heterocycles. The van der Waals surface area contributed by atoms with Crippen molar-refractivity contribution < 1.29 is 9.13 Å². The zero-order valence-corrected chi connectivity index (χ0v) is 18.2. The molecule has 0 fully saturated rings. The Kier molecular flexibility index (Phi) is 6.06. The fraction of sp³-hybridized carbons (Fsp3) is 0.136. The van der Waals surface area contributed by atoms with E-state index < -0.39 is 11.9 Å². The zero-order chi connectivity index (χ0) is 22.0. The van der Waals surface area contributed by atoms with Gasteiger partial charge >= 0.3 is 0 Å². The van der Waals surface area contributed by atoms with Crippen LogP contribution in [0.5, 0.6) is 5.75 Å². The van der Waals surface area contributed by atoms with E-state index in [1.165, 1.54) is 24.7 Å². The van der Waals surface area contributed by atoms with Gasteiger partial charge in [0.25, 0.3) is 0 Å². The first-order valence-electron chi connectivity index (χ1n) is 9.41. The van der Waals surface area contributed by atoms with Crippen molar-refractivity contribution in [2.45, 2.75) is 13.0 Å². The van der Waals surface area contributed by atoms with Crippen LogP contribution in [-0.2, 0) is 0 Å². The van der Waals surface area contributed by atoms with Gasteiger partial charge in [-0.2, -0.15) is 5.10 Å². The highest BCUT2D eigenvalue weighted by Gasteiger charge is 2.17. The van der Waals surface area contributed by atoms with Crippen molar-refractivity contribution in [3.8, 4) is 5.75 Å². The second-order valence-electron chi connectivity index (χ2n) is 6.77. The second-order valence-corrected chi connectivity index (χ2v) is 7.58. The number of nitrogens with zero attached hydrogens (tertiary/aromatic N) is 3. The van der Waals surface area contributed by atoms with Crippen molar-refractivity contribution >= 4 is 51.8 Å². The summed E-state index contributed by atoms with van der Waals surface area (Å²) in [5, 5.41) is 11.6. The Morgan fingerprint density at radius 1 is 1.16 bits per heavy atom. The van der Waals surface area contributed by atoms with E-state index in [0.717, 1.165) is 5.52 Å². The number of benzene rings is 1. The Balaban J connectivity index is 1.63. The Hall–Kier alpha value is -3.16. The van der Waals surface area contributed by atoms with Gasteiger partial charge in [-0.05, 0) is 37.3 Å². The van der Waals surface area contributed by atoms with Crippen molar-refractivity contribution in [3.05, 3.63) is 75.8 Å². The minimum atomic E-state index is -0.446. The van der Waals surface area contributed by atoms with Gasteiger partial charge in [0.1, 0.15) is 23.5 Å². The summed E-state index contributed by atoms with van der Waals surface area (Å²) in [6.07, 6.45) is 5.45. The molecule has 158 valence electrons. The topological polar surface area (TPSA) is 75.7 Å². The summed E-state index contributed by atoms with van der Waals surface area (Å²) in [5.74, 6) is 0.783. The number of H-pyrrole nitrogens is 1. The first kappa shape index (κ1) is 21.1. The molecule has 0 saturated heterocycles. The average molecular weight is 458 g/mol. The van der Waals surface area contributed by atoms with Crippen LogP contribution >= 0.6 is 23.2 Å². The normalized spacial score (nSPS) is 12.7. The summed E-state index contributed by atoms with van der Waals surface area (Å²) in [4.78, 5) is 8.09. The third kappa shape index (κ3) is 4.47. The van der Waals surface area contributed by atoms with E-state index >= 15 is 0 Å². The van der Waals surface area contributed by atoms with Crippen molar-refractivity contribution in [3.63, 3.8) is 0 Å². The number of aromatic amines is 1. The number of hydrogen-bond donors (Lipinski definition) is 2. The summed E-state index contributed by atoms with van der Waals surface area (Å²) in [6.45, 7) is 1.84. The molecule has 0 aliphatic heterocycles. The maximum atomic E-state index is 14.8. The number of aromatic nitrogens is 4. The summed E-state index contributed by atoms with van der Waals surface area (Å²) in [5.41, 5.74) is 2.21. The number of anilines is 1. The molecule has 4 aromatic rings. The van der Waals surface area contributed by atoms with E-state index in [-0.39, 0.29) is 0 Å². The van der Waals surface area contributed by atoms with E-state index in [9.17, 15) is 4.39 Å². The van der Waals surface area contributed by atoms with Crippen LogP contribution in [0.1, 0.15) is 29.8 Å². The van der Waals surface area contributed by atoms with Gasteiger partial charge in [0.15, 0.2) is 0 Å². The smallest absolute Gasteiger partial charge is 0.134 e. The molecule has 0 radical (unpaired) electrons. The first-order valence-corrected chi connectivity index (χ1v) is 10.2. The predicted molar refractivity (Wildman–Crippen MR) is 122 cm³/mol. The van der Waals surface area contributed by atoms with Crippen molar-refractivity contribution in [1.82, 2.24) is 20.2 Å².